The number of hydrogen-bond donors (Lipinski definition) is 1. The third-order valence-electron chi connectivity index (χ3n) is 5.05. The van der Waals surface area contributed by atoms with E-state index in [1.807, 2.05) is 68.4 Å². The van der Waals surface area contributed by atoms with Gasteiger partial charge in [0.1, 0.15) is 5.52 Å². The zero-order valence-electron chi connectivity index (χ0n) is 15.5. The lowest BCUT2D eigenvalue weighted by atomic mass is 10.0. The van der Waals surface area contributed by atoms with E-state index in [1.54, 1.807) is 0 Å². The van der Waals surface area contributed by atoms with E-state index in [0.29, 0.717) is 5.89 Å². The number of carbonyl (C=O) groups excluding carboxylic acids is 1. The van der Waals surface area contributed by atoms with Gasteiger partial charge in [-0.2, -0.15) is 0 Å². The fourth-order valence-electron chi connectivity index (χ4n) is 3.44. The molecule has 3 aromatic carbocycles. The van der Waals surface area contributed by atoms with Crippen molar-refractivity contribution in [1.82, 2.24) is 4.98 Å². The van der Waals surface area contributed by atoms with Crippen molar-refractivity contribution in [1.29, 1.82) is 0 Å². The first kappa shape index (κ1) is 17.3. The van der Waals surface area contributed by atoms with E-state index in [4.69, 9.17) is 4.42 Å². The Balaban J connectivity index is 1.78. The third-order valence-corrected chi connectivity index (χ3v) is 5.05. The smallest absolute Gasteiger partial charge is 0.229 e. The minimum atomic E-state index is 0.00521. The summed E-state index contributed by atoms with van der Waals surface area (Å²) in [6.07, 6.45) is 1.64. The van der Waals surface area contributed by atoms with Gasteiger partial charge in [0, 0.05) is 11.3 Å². The normalized spacial score (nSPS) is 11.4. The summed E-state index contributed by atoms with van der Waals surface area (Å²) < 4.78 is 6.14. The van der Waals surface area contributed by atoms with E-state index < -0.39 is 0 Å². The fourth-order valence-corrected chi connectivity index (χ4v) is 3.44. The Morgan fingerprint density at radius 1 is 1.00 bits per heavy atom. The Morgan fingerprint density at radius 2 is 1.74 bits per heavy atom. The number of para-hydroxylation sites is 1. The van der Waals surface area contributed by atoms with Gasteiger partial charge in [0.15, 0.2) is 5.58 Å². The Labute approximate surface area is 158 Å². The molecule has 1 aromatic heterocycles. The van der Waals surface area contributed by atoms with E-state index >= 15 is 0 Å². The summed E-state index contributed by atoms with van der Waals surface area (Å²) in [4.78, 5) is 17.2. The number of nitrogens with zero attached hydrogens (tertiary/aromatic N) is 1. The molecule has 0 unspecified atom stereocenters. The van der Waals surface area contributed by atoms with Gasteiger partial charge in [-0.1, -0.05) is 56.3 Å². The van der Waals surface area contributed by atoms with E-state index in [-0.39, 0.29) is 11.8 Å². The predicted octanol–water partition coefficient (Wildman–Crippen LogP) is 6.02. The summed E-state index contributed by atoms with van der Waals surface area (Å²) >= 11 is 0. The highest BCUT2D eigenvalue weighted by atomic mass is 16.3. The molecule has 0 aliphatic heterocycles. The highest BCUT2D eigenvalue weighted by Gasteiger charge is 2.18. The Hall–Kier alpha value is -3.14. The number of hydrogen-bond acceptors (Lipinski definition) is 3. The van der Waals surface area contributed by atoms with Crippen LogP contribution in [0.3, 0.4) is 0 Å². The molecule has 0 saturated heterocycles. The quantitative estimate of drug-likeness (QED) is 0.474. The molecule has 0 aliphatic carbocycles. The molecular formula is C23H22N2O2. The van der Waals surface area contributed by atoms with Crippen molar-refractivity contribution < 1.29 is 9.21 Å². The molecule has 0 bridgehead atoms. The number of aromatic nitrogens is 1. The van der Waals surface area contributed by atoms with Gasteiger partial charge >= 0.3 is 0 Å². The number of carbonyl (C=O) groups is 1. The standard InChI is InChI=1S/C23H22N2O2/c1-3-15(4-2)22(26)24-19-12-8-7-11-18(19)23-25-20-14-13-16-9-5-6-10-17(16)21(20)27-23/h5-15H,3-4H2,1-2H3,(H,24,26). The topological polar surface area (TPSA) is 55.1 Å². The van der Waals surface area contributed by atoms with Gasteiger partial charge in [-0.3, -0.25) is 4.79 Å². The number of oxazole rings is 1. The van der Waals surface area contributed by atoms with E-state index in [1.165, 1.54) is 0 Å². The van der Waals surface area contributed by atoms with E-state index in [9.17, 15) is 4.79 Å². The van der Waals surface area contributed by atoms with Gasteiger partial charge < -0.3 is 9.73 Å². The van der Waals surface area contributed by atoms with Crippen molar-refractivity contribution in [2.24, 2.45) is 5.92 Å². The Bertz CT molecular complexity index is 1110. The van der Waals surface area contributed by atoms with Gasteiger partial charge in [0.25, 0.3) is 0 Å². The average molecular weight is 358 g/mol. The number of rotatable bonds is 5. The lowest BCUT2D eigenvalue weighted by Gasteiger charge is -2.14. The van der Waals surface area contributed by atoms with Crippen molar-refractivity contribution in [2.75, 3.05) is 5.32 Å². The molecule has 1 N–H and O–H groups in total. The van der Waals surface area contributed by atoms with Crippen LogP contribution in [0.25, 0.3) is 33.3 Å². The van der Waals surface area contributed by atoms with Crippen LogP contribution in [0.4, 0.5) is 5.69 Å². The molecule has 4 nitrogen and oxygen atoms in total. The average Bonchev–Trinajstić information content (AvgIpc) is 3.14. The molecule has 4 rings (SSSR count). The second kappa shape index (κ2) is 7.23. The largest absolute Gasteiger partial charge is 0.435 e. The van der Waals surface area contributed by atoms with Crippen molar-refractivity contribution in [3.05, 3.63) is 60.7 Å². The summed E-state index contributed by atoms with van der Waals surface area (Å²) in [5, 5.41) is 5.20. The van der Waals surface area contributed by atoms with Crippen LogP contribution in [0, 0.1) is 5.92 Å². The number of benzene rings is 3. The van der Waals surface area contributed by atoms with E-state index in [2.05, 4.69) is 16.4 Å². The maximum absolute atomic E-state index is 12.5. The highest BCUT2D eigenvalue weighted by molar-refractivity contribution is 6.04. The SMILES string of the molecule is CCC(CC)C(=O)Nc1ccccc1-c1nc2ccc3ccccc3c2o1. The number of anilines is 1. The van der Waals surface area contributed by atoms with Crippen LogP contribution in [0.5, 0.6) is 0 Å². The van der Waals surface area contributed by atoms with Crippen LogP contribution in [-0.4, -0.2) is 10.9 Å². The maximum Gasteiger partial charge on any atom is 0.229 e. The highest BCUT2D eigenvalue weighted by Crippen LogP contribution is 2.33. The van der Waals surface area contributed by atoms with Crippen LogP contribution in [0.15, 0.2) is 65.1 Å². The molecule has 4 heteroatoms. The summed E-state index contributed by atoms with van der Waals surface area (Å²) in [5.74, 6) is 0.557. The fraction of sp³-hybridized carbons (Fsp3) is 0.217. The summed E-state index contributed by atoms with van der Waals surface area (Å²) in [5.41, 5.74) is 3.09. The van der Waals surface area contributed by atoms with Gasteiger partial charge in [-0.05, 0) is 36.4 Å². The maximum atomic E-state index is 12.5. The molecule has 0 aliphatic rings. The van der Waals surface area contributed by atoms with Gasteiger partial charge in [0.2, 0.25) is 11.8 Å². The predicted molar refractivity (Wildman–Crippen MR) is 110 cm³/mol. The lowest BCUT2D eigenvalue weighted by molar-refractivity contribution is -0.120. The Morgan fingerprint density at radius 3 is 2.56 bits per heavy atom. The number of nitrogens with one attached hydrogen (secondary N) is 1. The van der Waals surface area contributed by atoms with Gasteiger partial charge in [-0.25, -0.2) is 4.98 Å². The summed E-state index contributed by atoms with van der Waals surface area (Å²) in [7, 11) is 0. The minimum Gasteiger partial charge on any atom is -0.435 e. The monoisotopic (exact) mass is 358 g/mol. The van der Waals surface area contributed by atoms with Crippen molar-refractivity contribution in [3.8, 4) is 11.5 Å². The molecule has 0 fully saturated rings. The Kier molecular flexibility index (Phi) is 4.63. The minimum absolute atomic E-state index is 0.00521. The molecular weight excluding hydrogens is 336 g/mol. The van der Waals surface area contributed by atoms with Crippen LogP contribution in [-0.2, 0) is 4.79 Å². The van der Waals surface area contributed by atoms with Crippen LogP contribution >= 0.6 is 0 Å². The zero-order valence-corrected chi connectivity index (χ0v) is 15.5. The molecule has 4 aromatic rings. The third kappa shape index (κ3) is 3.19. The summed E-state index contributed by atoms with van der Waals surface area (Å²) in [6.45, 7) is 4.07. The summed E-state index contributed by atoms with van der Waals surface area (Å²) in [6, 6.07) is 19.8. The van der Waals surface area contributed by atoms with Gasteiger partial charge in [-0.15, -0.1) is 0 Å². The first-order valence-electron chi connectivity index (χ1n) is 9.39. The van der Waals surface area contributed by atoms with Gasteiger partial charge in [0.05, 0.1) is 11.3 Å². The second-order valence-electron chi connectivity index (χ2n) is 6.70. The van der Waals surface area contributed by atoms with Crippen LogP contribution in [0.2, 0.25) is 0 Å². The van der Waals surface area contributed by atoms with Crippen LogP contribution < -0.4 is 5.32 Å². The lowest BCUT2D eigenvalue weighted by Crippen LogP contribution is -2.21. The molecule has 0 radical (unpaired) electrons. The second-order valence-corrected chi connectivity index (χ2v) is 6.70. The number of fused-ring (bicyclic) bond motifs is 3. The number of amides is 1. The molecule has 1 heterocycles. The first-order chi connectivity index (χ1) is 13.2. The van der Waals surface area contributed by atoms with Crippen molar-refractivity contribution >= 4 is 33.5 Å². The molecule has 27 heavy (non-hydrogen) atoms. The first-order valence-corrected chi connectivity index (χ1v) is 9.39. The molecule has 0 atom stereocenters. The molecule has 0 saturated carbocycles. The molecule has 1 amide bonds. The van der Waals surface area contributed by atoms with Crippen LogP contribution in [0.1, 0.15) is 26.7 Å². The molecule has 0 spiro atoms. The van der Waals surface area contributed by atoms with E-state index in [0.717, 1.165) is 46.0 Å². The zero-order chi connectivity index (χ0) is 18.8. The van der Waals surface area contributed by atoms with Crippen molar-refractivity contribution in [2.45, 2.75) is 26.7 Å². The van der Waals surface area contributed by atoms with Crippen molar-refractivity contribution in [3.63, 3.8) is 0 Å². The molecule has 136 valence electrons.